The molecule has 9 heteroatoms. The number of likely N-dealkylation sites (tertiary alicyclic amines) is 1. The molecule has 3 heterocycles. The van der Waals surface area contributed by atoms with E-state index in [0.29, 0.717) is 54.8 Å². The molecule has 0 radical (unpaired) electrons. The van der Waals surface area contributed by atoms with E-state index in [1.807, 2.05) is 12.1 Å². The Hall–Kier alpha value is -3.13. The molecule has 2 aromatic heterocycles. The molecule has 0 unspecified atom stereocenters. The molecule has 1 fully saturated rings. The molecule has 8 nitrogen and oxygen atoms in total. The monoisotopic (exact) mass is 428 g/mol. The number of furan rings is 1. The molecule has 1 N–H and O–H groups in total. The number of amides is 2. The number of carbonyl (C=O) groups excluding carboxylic acids is 2. The maximum absolute atomic E-state index is 12.3. The summed E-state index contributed by atoms with van der Waals surface area (Å²) in [5, 5.41) is 7.61. The van der Waals surface area contributed by atoms with E-state index in [1.54, 1.807) is 29.2 Å². The maximum Gasteiger partial charge on any atom is 0.289 e. The molecular formula is C21H21ClN4O4. The first-order valence-corrected chi connectivity index (χ1v) is 10.2. The summed E-state index contributed by atoms with van der Waals surface area (Å²) in [5.41, 5.74) is 0.801. The minimum Gasteiger partial charge on any atom is -0.459 e. The highest BCUT2D eigenvalue weighted by molar-refractivity contribution is 6.30. The summed E-state index contributed by atoms with van der Waals surface area (Å²) >= 11 is 5.88. The van der Waals surface area contributed by atoms with Gasteiger partial charge in [-0.25, -0.2) is 0 Å². The Kier molecular flexibility index (Phi) is 6.13. The molecule has 0 aliphatic carbocycles. The van der Waals surface area contributed by atoms with Crippen LogP contribution in [0.1, 0.15) is 35.7 Å². The van der Waals surface area contributed by atoms with Gasteiger partial charge in [-0.1, -0.05) is 16.8 Å². The highest BCUT2D eigenvalue weighted by Gasteiger charge is 2.25. The smallest absolute Gasteiger partial charge is 0.289 e. The Morgan fingerprint density at radius 3 is 2.63 bits per heavy atom. The highest BCUT2D eigenvalue weighted by Crippen LogP contribution is 2.19. The molecule has 1 saturated heterocycles. The molecule has 0 bridgehead atoms. The fourth-order valence-electron chi connectivity index (χ4n) is 3.38. The van der Waals surface area contributed by atoms with Gasteiger partial charge in [-0.15, -0.1) is 0 Å². The topological polar surface area (TPSA) is 101 Å². The lowest BCUT2D eigenvalue weighted by Gasteiger charge is -2.31. The predicted molar refractivity (Wildman–Crippen MR) is 109 cm³/mol. The lowest BCUT2D eigenvalue weighted by atomic mass is 10.0. The van der Waals surface area contributed by atoms with Crippen LogP contribution < -0.4 is 5.32 Å². The zero-order chi connectivity index (χ0) is 20.9. The molecular weight excluding hydrogens is 408 g/mol. The van der Waals surface area contributed by atoms with Gasteiger partial charge in [-0.05, 0) is 49.2 Å². The Morgan fingerprint density at radius 1 is 1.17 bits per heavy atom. The molecule has 156 valence electrons. The maximum atomic E-state index is 12.3. The summed E-state index contributed by atoms with van der Waals surface area (Å²) in [6, 6.07) is 10.5. The van der Waals surface area contributed by atoms with Gasteiger partial charge < -0.3 is 19.2 Å². The first kappa shape index (κ1) is 20.2. The van der Waals surface area contributed by atoms with Crippen LogP contribution in [-0.4, -0.2) is 46.0 Å². The first-order chi connectivity index (χ1) is 14.6. The Morgan fingerprint density at radius 2 is 1.93 bits per heavy atom. The van der Waals surface area contributed by atoms with E-state index in [1.165, 1.54) is 6.26 Å². The Labute approximate surface area is 178 Å². The molecule has 1 aliphatic heterocycles. The number of rotatable bonds is 6. The predicted octanol–water partition coefficient (Wildman–Crippen LogP) is 3.34. The van der Waals surface area contributed by atoms with Crippen molar-refractivity contribution >= 4 is 23.4 Å². The number of hydrogen-bond acceptors (Lipinski definition) is 6. The summed E-state index contributed by atoms with van der Waals surface area (Å²) in [5.74, 6) is 1.04. The van der Waals surface area contributed by atoms with Gasteiger partial charge in [-0.3, -0.25) is 9.59 Å². The van der Waals surface area contributed by atoms with Crippen molar-refractivity contribution in [3.05, 3.63) is 59.3 Å². The van der Waals surface area contributed by atoms with Crippen LogP contribution in [0.4, 0.5) is 0 Å². The summed E-state index contributed by atoms with van der Waals surface area (Å²) < 4.78 is 10.4. The van der Waals surface area contributed by atoms with Gasteiger partial charge in [0.2, 0.25) is 17.6 Å². The molecule has 2 amide bonds. The van der Waals surface area contributed by atoms with Crippen LogP contribution in [0.25, 0.3) is 11.4 Å². The number of carbonyl (C=O) groups is 2. The average molecular weight is 429 g/mol. The number of nitrogens with one attached hydrogen (secondary N) is 1. The zero-order valence-corrected chi connectivity index (χ0v) is 17.0. The van der Waals surface area contributed by atoms with Crippen molar-refractivity contribution in [2.75, 3.05) is 13.1 Å². The van der Waals surface area contributed by atoms with E-state index in [4.69, 9.17) is 20.5 Å². The molecule has 0 saturated carbocycles. The lowest BCUT2D eigenvalue weighted by molar-refractivity contribution is -0.122. The van der Waals surface area contributed by atoms with Crippen LogP contribution in [0.2, 0.25) is 5.02 Å². The molecule has 0 spiro atoms. The van der Waals surface area contributed by atoms with Crippen LogP contribution >= 0.6 is 11.6 Å². The SMILES string of the molecule is O=C(CCc1nc(-c2ccc(Cl)cc2)no1)NC1CCN(C(=O)c2ccco2)CC1. The second-order valence-electron chi connectivity index (χ2n) is 7.13. The van der Waals surface area contributed by atoms with Gasteiger partial charge in [0.15, 0.2) is 5.76 Å². The fourth-order valence-corrected chi connectivity index (χ4v) is 3.50. The molecule has 3 aromatic rings. The van der Waals surface area contributed by atoms with E-state index in [9.17, 15) is 9.59 Å². The number of aryl methyl sites for hydroxylation is 1. The standard InChI is InChI=1S/C21H21ClN4O4/c22-15-5-3-14(4-6-15)20-24-19(30-25-20)8-7-18(27)23-16-9-11-26(12-10-16)21(28)17-2-1-13-29-17/h1-6,13,16H,7-12H2,(H,23,27). The number of hydrogen-bond donors (Lipinski definition) is 1. The zero-order valence-electron chi connectivity index (χ0n) is 16.2. The van der Waals surface area contributed by atoms with Crippen LogP contribution in [0.15, 0.2) is 51.6 Å². The van der Waals surface area contributed by atoms with Crippen LogP contribution in [0.5, 0.6) is 0 Å². The third-order valence-electron chi connectivity index (χ3n) is 5.02. The van der Waals surface area contributed by atoms with Gasteiger partial charge in [0.25, 0.3) is 5.91 Å². The number of benzene rings is 1. The normalized spacial score (nSPS) is 14.6. The highest BCUT2D eigenvalue weighted by atomic mass is 35.5. The minimum atomic E-state index is -0.113. The van der Waals surface area contributed by atoms with Crippen LogP contribution in [0, 0.1) is 0 Å². The largest absolute Gasteiger partial charge is 0.459 e. The number of piperidine rings is 1. The molecule has 1 aliphatic rings. The van der Waals surface area contributed by atoms with Crippen LogP contribution in [0.3, 0.4) is 0 Å². The van der Waals surface area contributed by atoms with Crippen molar-refractivity contribution in [3.63, 3.8) is 0 Å². The van der Waals surface area contributed by atoms with Gasteiger partial charge in [0, 0.05) is 42.6 Å². The van der Waals surface area contributed by atoms with E-state index in [-0.39, 0.29) is 24.3 Å². The van der Waals surface area contributed by atoms with Crippen molar-refractivity contribution in [3.8, 4) is 11.4 Å². The van der Waals surface area contributed by atoms with Crippen molar-refractivity contribution in [1.82, 2.24) is 20.4 Å². The summed E-state index contributed by atoms with van der Waals surface area (Å²) in [6.07, 6.45) is 3.52. The summed E-state index contributed by atoms with van der Waals surface area (Å²) in [7, 11) is 0. The molecule has 4 rings (SSSR count). The third-order valence-corrected chi connectivity index (χ3v) is 5.27. The van der Waals surface area contributed by atoms with E-state index in [2.05, 4.69) is 15.5 Å². The summed E-state index contributed by atoms with van der Waals surface area (Å²) in [6.45, 7) is 1.16. The number of aromatic nitrogens is 2. The quantitative estimate of drug-likeness (QED) is 0.646. The van der Waals surface area contributed by atoms with Gasteiger partial charge in [0.05, 0.1) is 6.26 Å². The fraction of sp³-hybridized carbons (Fsp3) is 0.333. The third kappa shape index (κ3) is 4.88. The van der Waals surface area contributed by atoms with Crippen molar-refractivity contribution in [2.24, 2.45) is 0 Å². The molecule has 30 heavy (non-hydrogen) atoms. The van der Waals surface area contributed by atoms with Crippen LogP contribution in [-0.2, 0) is 11.2 Å². The average Bonchev–Trinajstić information content (AvgIpc) is 3.45. The van der Waals surface area contributed by atoms with Crippen molar-refractivity contribution in [2.45, 2.75) is 31.7 Å². The first-order valence-electron chi connectivity index (χ1n) is 9.79. The van der Waals surface area contributed by atoms with Gasteiger partial charge >= 0.3 is 0 Å². The summed E-state index contributed by atoms with van der Waals surface area (Å²) in [4.78, 5) is 30.7. The minimum absolute atomic E-state index is 0.0467. The van der Waals surface area contributed by atoms with Gasteiger partial charge in [0.1, 0.15) is 0 Å². The Balaban J connectivity index is 1.21. The number of halogens is 1. The molecule has 0 atom stereocenters. The van der Waals surface area contributed by atoms with Crippen molar-refractivity contribution in [1.29, 1.82) is 0 Å². The van der Waals surface area contributed by atoms with Crippen molar-refractivity contribution < 1.29 is 18.5 Å². The van der Waals surface area contributed by atoms with Gasteiger partial charge in [-0.2, -0.15) is 4.98 Å². The van der Waals surface area contributed by atoms with E-state index in [0.717, 1.165) is 5.56 Å². The van der Waals surface area contributed by atoms with E-state index < -0.39 is 0 Å². The second-order valence-corrected chi connectivity index (χ2v) is 7.57. The Bertz CT molecular complexity index is 992. The second kappa shape index (κ2) is 9.13. The molecule has 1 aromatic carbocycles. The van der Waals surface area contributed by atoms with E-state index >= 15 is 0 Å². The lowest BCUT2D eigenvalue weighted by Crippen LogP contribution is -2.46. The number of nitrogens with zero attached hydrogens (tertiary/aromatic N) is 3.